The van der Waals surface area contributed by atoms with Gasteiger partial charge in [0.1, 0.15) is 18.3 Å². The zero-order valence-electron chi connectivity index (χ0n) is 26.5. The van der Waals surface area contributed by atoms with Crippen molar-refractivity contribution in [1.29, 1.82) is 0 Å². The van der Waals surface area contributed by atoms with Gasteiger partial charge in [-0.05, 0) is 69.6 Å². The van der Waals surface area contributed by atoms with Gasteiger partial charge in [0.15, 0.2) is 34.5 Å². The quantitative estimate of drug-likeness (QED) is 0.235. The molecule has 3 aliphatic rings. The molecule has 3 heterocycles. The summed E-state index contributed by atoms with van der Waals surface area (Å²) in [7, 11) is 5.17. The molecule has 2 atom stereocenters. The monoisotopic (exact) mass is 621 g/mol. The van der Waals surface area contributed by atoms with E-state index in [9.17, 15) is 4.79 Å². The smallest absolute Gasteiger partial charge is 0.343 e. The number of hydrogen-bond donors (Lipinski definition) is 0. The summed E-state index contributed by atoms with van der Waals surface area (Å²) < 4.78 is 53.2. The number of carbonyl (C=O) groups is 1. The van der Waals surface area contributed by atoms with Crippen molar-refractivity contribution in [3.8, 4) is 46.0 Å². The molecule has 0 spiro atoms. The van der Waals surface area contributed by atoms with Crippen LogP contribution in [0.25, 0.3) is 0 Å². The Hall–Kier alpha value is -4.51. The van der Waals surface area contributed by atoms with E-state index in [-0.39, 0.29) is 19.4 Å². The van der Waals surface area contributed by atoms with E-state index in [0.717, 1.165) is 29.7 Å². The van der Waals surface area contributed by atoms with Crippen LogP contribution in [-0.4, -0.2) is 65.3 Å². The number of rotatable bonds is 12. The van der Waals surface area contributed by atoms with Gasteiger partial charge in [-0.1, -0.05) is 6.07 Å². The van der Waals surface area contributed by atoms with E-state index in [4.69, 9.17) is 42.6 Å². The number of cyclic esters (lactones) is 1. The second-order valence-corrected chi connectivity index (χ2v) is 10.8. The van der Waals surface area contributed by atoms with Crippen LogP contribution >= 0.6 is 0 Å². The Bertz CT molecular complexity index is 1560. The first-order valence-corrected chi connectivity index (χ1v) is 15.2. The number of nitrogens with zero attached hydrogens (tertiary/aromatic N) is 1. The first-order chi connectivity index (χ1) is 21.9. The Morgan fingerprint density at radius 2 is 1.58 bits per heavy atom. The molecule has 11 nitrogen and oxygen atoms in total. The third kappa shape index (κ3) is 5.39. The number of benzene rings is 3. The van der Waals surface area contributed by atoms with Gasteiger partial charge in [-0.15, -0.1) is 0 Å². The molecular formula is C34H39NO10. The molecule has 0 unspecified atom stereocenters. The minimum Gasteiger partial charge on any atom is -0.493 e. The van der Waals surface area contributed by atoms with Gasteiger partial charge in [-0.3, -0.25) is 4.90 Å². The fourth-order valence-corrected chi connectivity index (χ4v) is 6.33. The predicted octanol–water partition coefficient (Wildman–Crippen LogP) is 5.65. The van der Waals surface area contributed by atoms with Crippen molar-refractivity contribution >= 4 is 5.97 Å². The summed E-state index contributed by atoms with van der Waals surface area (Å²) in [5, 5.41) is 0. The van der Waals surface area contributed by atoms with E-state index < -0.39 is 12.1 Å². The van der Waals surface area contributed by atoms with Crippen LogP contribution in [-0.2, 0) is 17.8 Å². The van der Waals surface area contributed by atoms with Crippen LogP contribution < -0.4 is 37.9 Å². The maximum atomic E-state index is 13.7. The summed E-state index contributed by atoms with van der Waals surface area (Å²) >= 11 is 0. The van der Waals surface area contributed by atoms with Crippen molar-refractivity contribution in [2.24, 2.45) is 0 Å². The molecule has 0 saturated heterocycles. The van der Waals surface area contributed by atoms with Crippen LogP contribution in [0.3, 0.4) is 0 Å². The second kappa shape index (κ2) is 12.8. The minimum atomic E-state index is -0.626. The largest absolute Gasteiger partial charge is 0.493 e. The molecule has 0 bridgehead atoms. The highest BCUT2D eigenvalue weighted by molar-refractivity contribution is 5.98. The van der Waals surface area contributed by atoms with Crippen molar-refractivity contribution in [3.63, 3.8) is 0 Å². The van der Waals surface area contributed by atoms with Crippen molar-refractivity contribution < 1.29 is 47.4 Å². The average Bonchev–Trinajstić information content (AvgIpc) is 3.64. The number of methoxy groups -OCH3 is 2. The highest BCUT2D eigenvalue weighted by Gasteiger charge is 2.46. The molecule has 3 aromatic carbocycles. The highest BCUT2D eigenvalue weighted by atomic mass is 16.7. The van der Waals surface area contributed by atoms with Crippen LogP contribution in [0.2, 0.25) is 0 Å². The van der Waals surface area contributed by atoms with Gasteiger partial charge in [-0.25, -0.2) is 4.79 Å². The lowest BCUT2D eigenvalue weighted by molar-refractivity contribution is 0.00870. The van der Waals surface area contributed by atoms with Crippen molar-refractivity contribution in [2.75, 3.05) is 54.4 Å². The Labute approximate surface area is 262 Å². The maximum absolute atomic E-state index is 13.7. The Morgan fingerprint density at radius 3 is 2.24 bits per heavy atom. The maximum Gasteiger partial charge on any atom is 0.343 e. The summed E-state index contributed by atoms with van der Waals surface area (Å²) in [6.07, 6.45) is 0.161. The lowest BCUT2D eigenvalue weighted by Crippen LogP contribution is -2.36. The summed E-state index contributed by atoms with van der Waals surface area (Å²) in [5.41, 5.74) is 3.80. The Kier molecular flexibility index (Phi) is 8.71. The lowest BCUT2D eigenvalue weighted by atomic mass is 9.85. The molecule has 45 heavy (non-hydrogen) atoms. The van der Waals surface area contributed by atoms with Crippen molar-refractivity contribution in [1.82, 2.24) is 4.90 Å². The van der Waals surface area contributed by atoms with Crippen molar-refractivity contribution in [3.05, 3.63) is 58.1 Å². The van der Waals surface area contributed by atoms with Crippen LogP contribution in [0.4, 0.5) is 0 Å². The first kappa shape index (κ1) is 30.5. The van der Waals surface area contributed by atoms with Gasteiger partial charge < -0.3 is 42.6 Å². The average molecular weight is 622 g/mol. The van der Waals surface area contributed by atoms with E-state index in [2.05, 4.69) is 4.90 Å². The van der Waals surface area contributed by atoms with E-state index in [1.165, 1.54) is 0 Å². The SMILES string of the molecule is CCOc1cc(COc2c(OC)ccc3c2C(=O)O[C@@H]3[C@H]2c3c(cc4c(c3OC)OCO4)CCN2C)cc(OCC)c1OCC. The summed E-state index contributed by atoms with van der Waals surface area (Å²) in [5.74, 6) is 3.72. The first-order valence-electron chi connectivity index (χ1n) is 15.2. The van der Waals surface area contributed by atoms with Crippen LogP contribution in [0.1, 0.15) is 65.5 Å². The standard InChI is InChI=1S/C34H39NO10/c1-7-39-23-14-19(15-24(40-8-2)30(23)41-9-3)17-42-31-22(37-5)11-10-21-27(31)34(36)45-29(21)28-26-20(12-13-35(28)4)16-25-32(33(26)38-6)44-18-43-25/h10-11,14-16,28-29H,7-9,12-13,17-18H2,1-6H3/t28-,29+/m1/s1. The molecule has 0 aliphatic carbocycles. The number of hydrogen-bond acceptors (Lipinski definition) is 11. The predicted molar refractivity (Wildman–Crippen MR) is 164 cm³/mol. The number of fused-ring (bicyclic) bond motifs is 3. The number of esters is 1. The number of ether oxygens (including phenoxy) is 9. The van der Waals surface area contributed by atoms with E-state index in [1.54, 1.807) is 20.3 Å². The zero-order valence-corrected chi connectivity index (χ0v) is 26.5. The molecule has 0 radical (unpaired) electrons. The topological polar surface area (TPSA) is 103 Å². The fourth-order valence-electron chi connectivity index (χ4n) is 6.33. The zero-order chi connectivity index (χ0) is 31.7. The molecule has 0 saturated carbocycles. The number of carbonyl (C=O) groups excluding carboxylic acids is 1. The molecule has 0 fully saturated rings. The summed E-state index contributed by atoms with van der Waals surface area (Å²) in [4.78, 5) is 15.8. The van der Waals surface area contributed by atoms with Gasteiger partial charge >= 0.3 is 5.97 Å². The molecule has 0 N–H and O–H groups in total. The Balaban J connectivity index is 1.38. The van der Waals surface area contributed by atoms with E-state index in [1.807, 2.05) is 52.1 Å². The molecule has 3 aromatic rings. The third-order valence-corrected chi connectivity index (χ3v) is 8.21. The number of likely N-dealkylation sites (N-methyl/N-ethyl adjacent to an activating group) is 1. The van der Waals surface area contributed by atoms with E-state index in [0.29, 0.717) is 76.9 Å². The summed E-state index contributed by atoms with van der Waals surface area (Å²) in [6, 6.07) is 9.06. The van der Waals surface area contributed by atoms with Gasteiger partial charge in [0.25, 0.3) is 0 Å². The minimum absolute atomic E-state index is 0.112. The molecule has 0 amide bonds. The van der Waals surface area contributed by atoms with E-state index >= 15 is 0 Å². The highest BCUT2D eigenvalue weighted by Crippen LogP contribution is 2.55. The van der Waals surface area contributed by atoms with Crippen LogP contribution in [0.15, 0.2) is 30.3 Å². The van der Waals surface area contributed by atoms with Crippen molar-refractivity contribution in [2.45, 2.75) is 45.9 Å². The second-order valence-electron chi connectivity index (χ2n) is 10.8. The molecule has 240 valence electrons. The molecule has 0 aromatic heterocycles. The summed E-state index contributed by atoms with van der Waals surface area (Å²) in [6.45, 7) is 8.09. The molecule has 3 aliphatic heterocycles. The van der Waals surface area contributed by atoms with Gasteiger partial charge in [-0.2, -0.15) is 0 Å². The van der Waals surface area contributed by atoms with Crippen LogP contribution in [0.5, 0.6) is 46.0 Å². The molecular weight excluding hydrogens is 582 g/mol. The normalized spacial score (nSPS) is 18.1. The van der Waals surface area contributed by atoms with Gasteiger partial charge in [0, 0.05) is 17.7 Å². The fraction of sp³-hybridized carbons (Fsp3) is 0.441. The molecule has 6 rings (SSSR count). The van der Waals surface area contributed by atoms with Gasteiger partial charge in [0.05, 0.1) is 40.1 Å². The Morgan fingerprint density at radius 1 is 0.844 bits per heavy atom. The van der Waals surface area contributed by atoms with Crippen LogP contribution in [0, 0.1) is 0 Å². The third-order valence-electron chi connectivity index (χ3n) is 8.21. The van der Waals surface area contributed by atoms with Gasteiger partial charge in [0.2, 0.25) is 18.3 Å². The molecule has 11 heteroatoms. The lowest BCUT2D eigenvalue weighted by Gasteiger charge is -2.38.